The number of carbonyl (C=O) groups excluding carboxylic acids is 2. The summed E-state index contributed by atoms with van der Waals surface area (Å²) in [7, 11) is 0. The number of nitrogens with zero attached hydrogens (tertiary/aromatic N) is 1. The average molecular weight is 279 g/mol. The second kappa shape index (κ2) is 3.99. The monoisotopic (exact) mass is 279 g/mol. The van der Waals surface area contributed by atoms with Crippen LogP contribution in [0.1, 0.15) is 53.4 Å². The normalized spacial score (nSPS) is 42.7. The molecule has 1 amide bonds. The van der Waals surface area contributed by atoms with Crippen molar-refractivity contribution in [3.8, 4) is 0 Å². The van der Waals surface area contributed by atoms with E-state index < -0.39 is 16.4 Å². The van der Waals surface area contributed by atoms with Crippen molar-refractivity contribution in [1.29, 1.82) is 0 Å². The van der Waals surface area contributed by atoms with Crippen molar-refractivity contribution < 1.29 is 14.3 Å². The summed E-state index contributed by atoms with van der Waals surface area (Å²) in [6.45, 7) is 9.78. The molecular weight excluding hydrogens is 254 g/mol. The summed E-state index contributed by atoms with van der Waals surface area (Å²) in [6.07, 6.45) is 3.66. The van der Waals surface area contributed by atoms with Crippen molar-refractivity contribution in [2.24, 2.45) is 16.7 Å². The van der Waals surface area contributed by atoms with Crippen LogP contribution in [-0.2, 0) is 14.3 Å². The van der Waals surface area contributed by atoms with Crippen molar-refractivity contribution in [3.63, 3.8) is 0 Å². The Balaban J connectivity index is 1.93. The lowest BCUT2D eigenvalue weighted by molar-refractivity contribution is -0.175. The van der Waals surface area contributed by atoms with E-state index in [2.05, 4.69) is 6.92 Å². The number of piperidine rings is 1. The van der Waals surface area contributed by atoms with Gasteiger partial charge in [0, 0.05) is 18.5 Å². The molecule has 0 aromatic carbocycles. The van der Waals surface area contributed by atoms with Gasteiger partial charge < -0.3 is 9.64 Å². The summed E-state index contributed by atoms with van der Waals surface area (Å²) in [5.41, 5.74) is -1.85. The highest BCUT2D eigenvalue weighted by atomic mass is 16.6. The molecule has 4 nitrogen and oxygen atoms in total. The van der Waals surface area contributed by atoms with Crippen LogP contribution in [-0.4, -0.2) is 35.5 Å². The van der Waals surface area contributed by atoms with Gasteiger partial charge in [0.15, 0.2) is 5.60 Å². The standard InChI is InChI=1S/C16H25NO3/c1-11-6-5-9-17(10-11)12(18)16-8-7-15(4,13(19)20-16)14(16,2)3/h11H,5-10H2,1-4H3. The molecule has 2 heterocycles. The highest BCUT2D eigenvalue weighted by Crippen LogP contribution is 2.66. The van der Waals surface area contributed by atoms with Gasteiger partial charge in [-0.2, -0.15) is 0 Å². The number of rotatable bonds is 1. The van der Waals surface area contributed by atoms with Crippen LogP contribution in [0.5, 0.6) is 0 Å². The highest BCUT2D eigenvalue weighted by Gasteiger charge is 2.76. The molecular formula is C16H25NO3. The predicted octanol–water partition coefficient (Wildman–Crippen LogP) is 2.37. The van der Waals surface area contributed by atoms with E-state index in [0.29, 0.717) is 12.3 Å². The molecule has 1 saturated carbocycles. The second-order valence-electron chi connectivity index (χ2n) is 7.67. The fourth-order valence-electron chi connectivity index (χ4n) is 4.35. The van der Waals surface area contributed by atoms with E-state index in [1.54, 1.807) is 0 Å². The minimum atomic E-state index is -0.921. The maximum atomic E-state index is 13.1. The van der Waals surface area contributed by atoms with Crippen LogP contribution in [0.3, 0.4) is 0 Å². The quantitative estimate of drug-likeness (QED) is 0.692. The van der Waals surface area contributed by atoms with Gasteiger partial charge in [-0.3, -0.25) is 9.59 Å². The zero-order valence-electron chi connectivity index (χ0n) is 13.0. The first-order valence-electron chi connectivity index (χ1n) is 7.77. The molecule has 3 unspecified atom stereocenters. The molecule has 1 aliphatic carbocycles. The highest BCUT2D eigenvalue weighted by molar-refractivity contribution is 5.96. The number of fused-ring (bicyclic) bond motifs is 2. The molecule has 2 aliphatic heterocycles. The lowest BCUT2D eigenvalue weighted by atomic mass is 9.66. The van der Waals surface area contributed by atoms with E-state index in [9.17, 15) is 9.59 Å². The molecule has 3 fully saturated rings. The molecule has 112 valence electrons. The van der Waals surface area contributed by atoms with Gasteiger partial charge in [0.2, 0.25) is 0 Å². The van der Waals surface area contributed by atoms with E-state index in [-0.39, 0.29) is 11.9 Å². The van der Waals surface area contributed by atoms with Crippen molar-refractivity contribution in [2.75, 3.05) is 13.1 Å². The first-order chi connectivity index (χ1) is 9.24. The molecule has 2 saturated heterocycles. The topological polar surface area (TPSA) is 46.6 Å². The van der Waals surface area contributed by atoms with Crippen LogP contribution in [0.2, 0.25) is 0 Å². The zero-order chi connectivity index (χ0) is 14.8. The van der Waals surface area contributed by atoms with E-state index >= 15 is 0 Å². The van der Waals surface area contributed by atoms with Crippen LogP contribution in [0, 0.1) is 16.7 Å². The molecule has 3 rings (SSSR count). The number of amides is 1. The second-order valence-corrected chi connectivity index (χ2v) is 7.67. The van der Waals surface area contributed by atoms with Gasteiger partial charge in [0.25, 0.3) is 5.91 Å². The van der Waals surface area contributed by atoms with Crippen molar-refractivity contribution in [2.45, 2.75) is 59.0 Å². The summed E-state index contributed by atoms with van der Waals surface area (Å²) < 4.78 is 5.69. The van der Waals surface area contributed by atoms with Crippen LogP contribution in [0.15, 0.2) is 0 Å². The minimum Gasteiger partial charge on any atom is -0.448 e. The Morgan fingerprint density at radius 2 is 2.00 bits per heavy atom. The van der Waals surface area contributed by atoms with Gasteiger partial charge in [0.1, 0.15) is 0 Å². The summed E-state index contributed by atoms with van der Waals surface area (Å²) in [5, 5.41) is 0. The maximum absolute atomic E-state index is 13.1. The molecule has 0 aromatic rings. The number of hydrogen-bond acceptors (Lipinski definition) is 3. The largest absolute Gasteiger partial charge is 0.448 e. The summed E-state index contributed by atoms with van der Waals surface area (Å²) >= 11 is 0. The lowest BCUT2D eigenvalue weighted by Gasteiger charge is -2.41. The van der Waals surface area contributed by atoms with Gasteiger partial charge in [-0.05, 0) is 38.5 Å². The Labute approximate surface area is 120 Å². The Kier molecular flexibility index (Phi) is 2.77. The van der Waals surface area contributed by atoms with Crippen LogP contribution < -0.4 is 0 Å². The fourth-order valence-corrected chi connectivity index (χ4v) is 4.35. The molecule has 2 bridgehead atoms. The SMILES string of the molecule is CC1CCCN(C(=O)C23CCC(C)(C(=O)O2)C3(C)C)C1. The third-order valence-corrected chi connectivity index (χ3v) is 6.37. The Morgan fingerprint density at radius 1 is 1.30 bits per heavy atom. The van der Waals surface area contributed by atoms with Crippen molar-refractivity contribution in [3.05, 3.63) is 0 Å². The fraction of sp³-hybridized carbons (Fsp3) is 0.875. The summed E-state index contributed by atoms with van der Waals surface area (Å²) in [6, 6.07) is 0. The van der Waals surface area contributed by atoms with Crippen LogP contribution in [0.25, 0.3) is 0 Å². The Bertz CT molecular complexity index is 472. The van der Waals surface area contributed by atoms with E-state index in [1.807, 2.05) is 25.7 Å². The Hall–Kier alpha value is -1.06. The lowest BCUT2D eigenvalue weighted by Crippen LogP contribution is -2.56. The molecule has 0 N–H and O–H groups in total. The van der Waals surface area contributed by atoms with E-state index in [0.717, 1.165) is 25.9 Å². The molecule has 0 spiro atoms. The molecule has 0 aromatic heterocycles. The third kappa shape index (κ3) is 1.43. The number of ether oxygens (including phenoxy) is 1. The first kappa shape index (κ1) is 13.9. The van der Waals surface area contributed by atoms with Gasteiger partial charge in [-0.15, -0.1) is 0 Å². The number of likely N-dealkylation sites (tertiary alicyclic amines) is 1. The van der Waals surface area contributed by atoms with Gasteiger partial charge in [0.05, 0.1) is 5.41 Å². The maximum Gasteiger partial charge on any atom is 0.313 e. The van der Waals surface area contributed by atoms with Crippen molar-refractivity contribution >= 4 is 11.9 Å². The van der Waals surface area contributed by atoms with Gasteiger partial charge >= 0.3 is 5.97 Å². The average Bonchev–Trinajstić information content (AvgIpc) is 2.68. The molecule has 0 radical (unpaired) electrons. The van der Waals surface area contributed by atoms with Gasteiger partial charge in [-0.1, -0.05) is 20.8 Å². The van der Waals surface area contributed by atoms with Crippen molar-refractivity contribution in [1.82, 2.24) is 4.90 Å². The van der Waals surface area contributed by atoms with Gasteiger partial charge in [-0.25, -0.2) is 0 Å². The zero-order valence-corrected chi connectivity index (χ0v) is 13.0. The smallest absolute Gasteiger partial charge is 0.313 e. The number of hydrogen-bond donors (Lipinski definition) is 0. The summed E-state index contributed by atoms with van der Waals surface area (Å²) in [4.78, 5) is 27.2. The molecule has 20 heavy (non-hydrogen) atoms. The molecule has 4 heteroatoms. The Morgan fingerprint density at radius 3 is 2.50 bits per heavy atom. The van der Waals surface area contributed by atoms with Crippen LogP contribution in [0.4, 0.5) is 0 Å². The molecule has 3 aliphatic rings. The van der Waals surface area contributed by atoms with Crippen LogP contribution >= 0.6 is 0 Å². The number of carbonyl (C=O) groups is 2. The first-order valence-corrected chi connectivity index (χ1v) is 7.77. The minimum absolute atomic E-state index is 0.0450. The van der Waals surface area contributed by atoms with E-state index in [1.165, 1.54) is 6.42 Å². The number of esters is 1. The summed E-state index contributed by atoms with van der Waals surface area (Å²) in [5.74, 6) is 0.396. The third-order valence-electron chi connectivity index (χ3n) is 6.37. The van der Waals surface area contributed by atoms with E-state index in [4.69, 9.17) is 4.74 Å². The molecule has 3 atom stereocenters. The predicted molar refractivity (Wildman–Crippen MR) is 74.9 cm³/mol.